The van der Waals surface area contributed by atoms with Crippen LogP contribution in [0.4, 0.5) is 5.82 Å². The van der Waals surface area contributed by atoms with Gasteiger partial charge in [0.25, 0.3) is 5.95 Å². The number of nitrogens with zero attached hydrogens (tertiary/aromatic N) is 4. The third-order valence-corrected chi connectivity index (χ3v) is 3.75. The molecular formula is C15H21N5. The molecule has 2 heterocycles. The summed E-state index contributed by atoms with van der Waals surface area (Å²) in [6.45, 7) is 6.00. The lowest BCUT2D eigenvalue weighted by Gasteiger charge is -2.14. The van der Waals surface area contributed by atoms with E-state index in [2.05, 4.69) is 20.4 Å². The first kappa shape index (κ1) is 13.1. The molecule has 0 spiro atoms. The lowest BCUT2D eigenvalue weighted by atomic mass is 10.2. The quantitative estimate of drug-likeness (QED) is 0.932. The summed E-state index contributed by atoms with van der Waals surface area (Å²) < 4.78 is 1.81. The molecule has 5 heteroatoms. The second-order valence-electron chi connectivity index (χ2n) is 5.66. The Bertz CT molecular complexity index is 611. The summed E-state index contributed by atoms with van der Waals surface area (Å²) in [5.74, 6) is 1.56. The second kappa shape index (κ2) is 5.23. The van der Waals surface area contributed by atoms with Crippen molar-refractivity contribution in [1.29, 1.82) is 0 Å². The van der Waals surface area contributed by atoms with Gasteiger partial charge in [0.2, 0.25) is 0 Å². The highest BCUT2D eigenvalue weighted by atomic mass is 15.4. The number of hydrogen-bond acceptors (Lipinski definition) is 4. The molecule has 1 aliphatic carbocycles. The average molecular weight is 271 g/mol. The SMILES string of the molecule is Cc1cc(NC2CCCC2)nc(-n2nc(C)cc2C)n1. The molecule has 0 amide bonds. The predicted octanol–water partition coefficient (Wildman–Crippen LogP) is 2.94. The second-order valence-corrected chi connectivity index (χ2v) is 5.66. The summed E-state index contributed by atoms with van der Waals surface area (Å²) in [5.41, 5.74) is 3.00. The molecular weight excluding hydrogens is 250 g/mol. The topological polar surface area (TPSA) is 55.6 Å². The zero-order valence-electron chi connectivity index (χ0n) is 12.3. The van der Waals surface area contributed by atoms with Crippen LogP contribution in [-0.2, 0) is 0 Å². The van der Waals surface area contributed by atoms with E-state index in [0.717, 1.165) is 22.9 Å². The van der Waals surface area contributed by atoms with Crippen LogP contribution in [0.1, 0.15) is 42.8 Å². The maximum Gasteiger partial charge on any atom is 0.252 e. The Morgan fingerprint density at radius 3 is 2.45 bits per heavy atom. The first-order chi connectivity index (χ1) is 9.61. The molecule has 3 rings (SSSR count). The number of rotatable bonds is 3. The molecule has 0 atom stereocenters. The van der Waals surface area contributed by atoms with Crippen LogP contribution in [-0.4, -0.2) is 25.8 Å². The third-order valence-electron chi connectivity index (χ3n) is 3.75. The molecule has 1 aliphatic rings. The summed E-state index contributed by atoms with van der Waals surface area (Å²) in [7, 11) is 0. The van der Waals surface area contributed by atoms with Crippen LogP contribution in [0.5, 0.6) is 0 Å². The van der Waals surface area contributed by atoms with E-state index >= 15 is 0 Å². The van der Waals surface area contributed by atoms with Crippen LogP contribution in [0, 0.1) is 20.8 Å². The number of aromatic nitrogens is 4. The molecule has 0 saturated heterocycles. The Morgan fingerprint density at radius 1 is 1.05 bits per heavy atom. The fourth-order valence-electron chi connectivity index (χ4n) is 2.83. The highest BCUT2D eigenvalue weighted by molar-refractivity contribution is 5.40. The van der Waals surface area contributed by atoms with Crippen LogP contribution in [0.15, 0.2) is 12.1 Å². The largest absolute Gasteiger partial charge is 0.367 e. The molecule has 0 aliphatic heterocycles. The summed E-state index contributed by atoms with van der Waals surface area (Å²) in [6.07, 6.45) is 5.09. The summed E-state index contributed by atoms with van der Waals surface area (Å²) in [4.78, 5) is 9.12. The average Bonchev–Trinajstić information content (AvgIpc) is 2.98. The standard InChI is InChI=1S/C15H21N5/c1-10-9-14(17-13-6-4-5-7-13)18-15(16-10)20-12(3)8-11(2)19-20/h8-9,13H,4-7H2,1-3H3,(H,16,17,18). The van der Waals surface area contributed by atoms with E-state index in [1.807, 2.05) is 37.6 Å². The van der Waals surface area contributed by atoms with Crippen molar-refractivity contribution in [1.82, 2.24) is 19.7 Å². The van der Waals surface area contributed by atoms with Gasteiger partial charge in [-0.1, -0.05) is 12.8 Å². The van der Waals surface area contributed by atoms with Gasteiger partial charge < -0.3 is 5.32 Å². The highest BCUT2D eigenvalue weighted by Gasteiger charge is 2.16. The van der Waals surface area contributed by atoms with Crippen molar-refractivity contribution in [2.24, 2.45) is 0 Å². The van der Waals surface area contributed by atoms with E-state index in [1.54, 1.807) is 0 Å². The fraction of sp³-hybridized carbons (Fsp3) is 0.533. The number of anilines is 1. The van der Waals surface area contributed by atoms with Gasteiger partial charge in [-0.2, -0.15) is 10.1 Å². The van der Waals surface area contributed by atoms with E-state index in [9.17, 15) is 0 Å². The van der Waals surface area contributed by atoms with Crippen molar-refractivity contribution in [2.45, 2.75) is 52.5 Å². The van der Waals surface area contributed by atoms with Crippen LogP contribution in [0.2, 0.25) is 0 Å². The molecule has 1 fully saturated rings. The Morgan fingerprint density at radius 2 is 1.80 bits per heavy atom. The summed E-state index contributed by atoms with van der Waals surface area (Å²) in [5, 5.41) is 7.98. The molecule has 0 bridgehead atoms. The van der Waals surface area contributed by atoms with Crippen molar-refractivity contribution >= 4 is 5.82 Å². The Hall–Kier alpha value is -1.91. The Balaban J connectivity index is 1.91. The summed E-state index contributed by atoms with van der Waals surface area (Å²) >= 11 is 0. The third kappa shape index (κ3) is 2.66. The normalized spacial score (nSPS) is 15.8. The van der Waals surface area contributed by atoms with Gasteiger partial charge in [0.05, 0.1) is 5.69 Å². The minimum atomic E-state index is 0.553. The maximum atomic E-state index is 4.62. The number of hydrogen-bond donors (Lipinski definition) is 1. The highest BCUT2D eigenvalue weighted by Crippen LogP contribution is 2.22. The van der Waals surface area contributed by atoms with Crippen LogP contribution < -0.4 is 5.32 Å². The number of nitrogens with one attached hydrogen (secondary N) is 1. The molecule has 20 heavy (non-hydrogen) atoms. The lowest BCUT2D eigenvalue weighted by Crippen LogP contribution is -2.17. The minimum Gasteiger partial charge on any atom is -0.367 e. The zero-order chi connectivity index (χ0) is 14.1. The lowest BCUT2D eigenvalue weighted by molar-refractivity contribution is 0.736. The van der Waals surface area contributed by atoms with E-state index in [-0.39, 0.29) is 0 Å². The molecule has 1 N–H and O–H groups in total. The number of aryl methyl sites for hydroxylation is 3. The molecule has 2 aromatic rings. The van der Waals surface area contributed by atoms with Gasteiger partial charge in [-0.3, -0.25) is 0 Å². The van der Waals surface area contributed by atoms with Gasteiger partial charge >= 0.3 is 0 Å². The zero-order valence-corrected chi connectivity index (χ0v) is 12.3. The fourth-order valence-corrected chi connectivity index (χ4v) is 2.83. The van der Waals surface area contributed by atoms with E-state index in [4.69, 9.17) is 0 Å². The van der Waals surface area contributed by atoms with Crippen molar-refractivity contribution in [3.8, 4) is 5.95 Å². The van der Waals surface area contributed by atoms with E-state index in [0.29, 0.717) is 12.0 Å². The van der Waals surface area contributed by atoms with Gasteiger partial charge in [-0.15, -0.1) is 0 Å². The van der Waals surface area contributed by atoms with Gasteiger partial charge in [0.1, 0.15) is 5.82 Å². The molecule has 106 valence electrons. The molecule has 0 unspecified atom stereocenters. The van der Waals surface area contributed by atoms with Crippen molar-refractivity contribution in [3.63, 3.8) is 0 Å². The first-order valence-corrected chi connectivity index (χ1v) is 7.28. The molecule has 1 saturated carbocycles. The van der Waals surface area contributed by atoms with E-state index in [1.165, 1.54) is 25.7 Å². The van der Waals surface area contributed by atoms with E-state index < -0.39 is 0 Å². The monoisotopic (exact) mass is 271 g/mol. The maximum absolute atomic E-state index is 4.62. The molecule has 5 nitrogen and oxygen atoms in total. The van der Waals surface area contributed by atoms with Crippen molar-refractivity contribution in [2.75, 3.05) is 5.32 Å². The molecule has 0 aromatic carbocycles. The smallest absolute Gasteiger partial charge is 0.252 e. The Labute approximate surface area is 119 Å². The predicted molar refractivity (Wildman–Crippen MR) is 79.2 cm³/mol. The van der Waals surface area contributed by atoms with Gasteiger partial charge in [0.15, 0.2) is 0 Å². The van der Waals surface area contributed by atoms with Crippen LogP contribution in [0.25, 0.3) is 5.95 Å². The Kier molecular flexibility index (Phi) is 3.42. The molecule has 2 aromatic heterocycles. The summed E-state index contributed by atoms with van der Waals surface area (Å²) in [6, 6.07) is 4.60. The first-order valence-electron chi connectivity index (χ1n) is 7.28. The molecule has 0 radical (unpaired) electrons. The van der Waals surface area contributed by atoms with Gasteiger partial charge in [-0.25, -0.2) is 9.67 Å². The van der Waals surface area contributed by atoms with Crippen molar-refractivity contribution in [3.05, 3.63) is 29.2 Å². The van der Waals surface area contributed by atoms with Crippen LogP contribution >= 0.6 is 0 Å². The van der Waals surface area contributed by atoms with Gasteiger partial charge in [-0.05, 0) is 39.7 Å². The van der Waals surface area contributed by atoms with Crippen molar-refractivity contribution < 1.29 is 0 Å². The minimum absolute atomic E-state index is 0.553. The van der Waals surface area contributed by atoms with Crippen LogP contribution in [0.3, 0.4) is 0 Å². The van der Waals surface area contributed by atoms with Gasteiger partial charge in [0, 0.05) is 23.5 Å².